The van der Waals surface area contributed by atoms with Crippen LogP contribution >= 0.6 is 24.2 Å². The van der Waals surface area contributed by atoms with Gasteiger partial charge in [-0.1, -0.05) is 11.6 Å². The van der Waals surface area contributed by atoms with Gasteiger partial charge in [0.2, 0.25) is 0 Å². The van der Waals surface area contributed by atoms with Crippen molar-refractivity contribution in [3.8, 4) is 22.9 Å². The van der Waals surface area contributed by atoms with Crippen molar-refractivity contribution >= 4 is 52.1 Å². The van der Waals surface area contributed by atoms with Crippen LogP contribution in [-0.4, -0.2) is 66.1 Å². The van der Waals surface area contributed by atoms with E-state index in [1.165, 1.54) is 11.0 Å². The highest BCUT2D eigenvalue weighted by atomic mass is 35.5. The molecule has 2 aromatic carbocycles. The number of likely N-dealkylation sites (tertiary alicyclic amines) is 1. The van der Waals surface area contributed by atoms with E-state index in [0.717, 1.165) is 0 Å². The summed E-state index contributed by atoms with van der Waals surface area (Å²) in [6.07, 6.45) is 5.08. The van der Waals surface area contributed by atoms with Gasteiger partial charge in [-0.05, 0) is 37.6 Å². The Kier molecular flexibility index (Phi) is 6.94. The van der Waals surface area contributed by atoms with E-state index >= 15 is 8.78 Å². The summed E-state index contributed by atoms with van der Waals surface area (Å²) in [6, 6.07) is 8.93. The van der Waals surface area contributed by atoms with Gasteiger partial charge in [0.1, 0.15) is 29.0 Å². The van der Waals surface area contributed by atoms with Crippen molar-refractivity contribution in [1.82, 2.24) is 29.4 Å². The number of aryl methyl sites for hydroxylation is 1. The Balaban J connectivity index is 1.28. The third kappa shape index (κ3) is 4.96. The van der Waals surface area contributed by atoms with Crippen molar-refractivity contribution in [2.24, 2.45) is 0 Å². The lowest BCUT2D eigenvalue weighted by atomic mass is 9.98. The first kappa shape index (κ1) is 27.9. The SMILES string of the molecule is Cc1nc2cnc3cc(F)c(-c4ccc(Oc5ncccn5)cc4Cl)cc3c2n1[C@H]1CCN(C(=O)C2CCO2)C[C@]1(F)S. The van der Waals surface area contributed by atoms with Crippen LogP contribution in [0.3, 0.4) is 0 Å². The van der Waals surface area contributed by atoms with Crippen LogP contribution in [0.15, 0.2) is 55.0 Å². The number of piperidine rings is 1. The molecule has 0 bridgehead atoms. The van der Waals surface area contributed by atoms with Gasteiger partial charge >= 0.3 is 6.01 Å². The summed E-state index contributed by atoms with van der Waals surface area (Å²) in [7, 11) is 0. The van der Waals surface area contributed by atoms with Crippen molar-refractivity contribution in [2.45, 2.75) is 36.9 Å². The Bertz CT molecular complexity index is 1890. The number of fused-ring (bicyclic) bond motifs is 3. The second kappa shape index (κ2) is 10.7. The minimum atomic E-state index is -2.06. The van der Waals surface area contributed by atoms with Gasteiger partial charge in [0.15, 0.2) is 5.00 Å². The van der Waals surface area contributed by atoms with Crippen LogP contribution in [0.4, 0.5) is 8.78 Å². The molecule has 7 rings (SSSR count). The monoisotopic (exact) mass is 622 g/mol. The van der Waals surface area contributed by atoms with Crippen molar-refractivity contribution in [1.29, 1.82) is 0 Å². The molecule has 43 heavy (non-hydrogen) atoms. The number of carbonyl (C=O) groups excluding carboxylic acids is 1. The summed E-state index contributed by atoms with van der Waals surface area (Å²) < 4.78 is 44.7. The van der Waals surface area contributed by atoms with Crippen LogP contribution in [0, 0.1) is 12.7 Å². The van der Waals surface area contributed by atoms with Gasteiger partial charge in [-0.15, -0.1) is 12.6 Å². The quantitative estimate of drug-likeness (QED) is 0.237. The van der Waals surface area contributed by atoms with E-state index in [1.54, 1.807) is 60.4 Å². The normalized spacial score (nSPS) is 22.1. The number of amides is 1. The fourth-order valence-corrected chi connectivity index (χ4v) is 6.51. The number of ether oxygens (including phenoxy) is 2. The number of imidazole rings is 1. The van der Waals surface area contributed by atoms with E-state index in [2.05, 4.69) is 32.6 Å². The molecule has 2 saturated heterocycles. The summed E-state index contributed by atoms with van der Waals surface area (Å²) in [4.78, 5) is 31.4. The predicted octanol–water partition coefficient (Wildman–Crippen LogP) is 6.09. The zero-order chi connectivity index (χ0) is 29.9. The Morgan fingerprint density at radius 1 is 1.14 bits per heavy atom. The number of aromatic nitrogens is 5. The molecule has 0 saturated carbocycles. The Labute approximate surface area is 255 Å². The average Bonchev–Trinajstić information content (AvgIpc) is 3.28. The largest absolute Gasteiger partial charge is 0.424 e. The van der Waals surface area contributed by atoms with Gasteiger partial charge in [0.25, 0.3) is 5.91 Å². The van der Waals surface area contributed by atoms with Crippen LogP contribution < -0.4 is 4.74 Å². The lowest BCUT2D eigenvalue weighted by Crippen LogP contribution is -2.55. The highest BCUT2D eigenvalue weighted by Crippen LogP contribution is 2.43. The second-order valence-electron chi connectivity index (χ2n) is 10.7. The molecule has 0 aliphatic carbocycles. The van der Waals surface area contributed by atoms with Gasteiger partial charge in [-0.3, -0.25) is 9.78 Å². The molecule has 13 heteroatoms. The maximum atomic E-state index is 16.3. The molecule has 2 aliphatic rings. The van der Waals surface area contributed by atoms with Crippen LogP contribution in [0.25, 0.3) is 33.1 Å². The van der Waals surface area contributed by atoms with Crippen LogP contribution in [0.5, 0.6) is 11.8 Å². The Morgan fingerprint density at radius 2 is 1.93 bits per heavy atom. The van der Waals surface area contributed by atoms with Gasteiger partial charge in [-0.25, -0.2) is 23.7 Å². The number of nitrogens with zero attached hydrogens (tertiary/aromatic N) is 6. The minimum Gasteiger partial charge on any atom is -0.424 e. The topological polar surface area (TPSA) is 95.3 Å². The number of rotatable bonds is 5. The number of thiol groups is 1. The first-order valence-electron chi connectivity index (χ1n) is 13.7. The summed E-state index contributed by atoms with van der Waals surface area (Å²) in [5.41, 5.74) is 2.18. The third-order valence-electron chi connectivity index (χ3n) is 7.96. The highest BCUT2D eigenvalue weighted by Gasteiger charge is 2.46. The molecule has 2 fully saturated rings. The van der Waals surface area contributed by atoms with Gasteiger partial charge in [-0.2, -0.15) is 0 Å². The third-order valence-corrected chi connectivity index (χ3v) is 8.71. The fraction of sp³-hybridized carbons (Fsp3) is 0.300. The summed E-state index contributed by atoms with van der Waals surface area (Å²) in [5, 5.41) is -1.23. The number of hydrogen-bond donors (Lipinski definition) is 1. The minimum absolute atomic E-state index is 0.153. The lowest BCUT2D eigenvalue weighted by molar-refractivity contribution is -0.159. The molecule has 2 aliphatic heterocycles. The van der Waals surface area contributed by atoms with E-state index < -0.39 is 23.0 Å². The number of pyridine rings is 1. The van der Waals surface area contributed by atoms with Gasteiger partial charge < -0.3 is 18.9 Å². The van der Waals surface area contributed by atoms with Crippen LogP contribution in [0.1, 0.15) is 24.7 Å². The van der Waals surface area contributed by atoms with Crippen molar-refractivity contribution < 1.29 is 23.0 Å². The molecule has 1 amide bonds. The average molecular weight is 623 g/mol. The first-order chi connectivity index (χ1) is 20.7. The molecule has 5 heterocycles. The Morgan fingerprint density at radius 3 is 2.63 bits per heavy atom. The number of alkyl halides is 1. The van der Waals surface area contributed by atoms with Gasteiger partial charge in [0, 0.05) is 54.0 Å². The van der Waals surface area contributed by atoms with Crippen LogP contribution in [0.2, 0.25) is 5.02 Å². The van der Waals surface area contributed by atoms with E-state index in [0.29, 0.717) is 65.1 Å². The number of benzene rings is 2. The van der Waals surface area contributed by atoms with E-state index in [-0.39, 0.29) is 29.0 Å². The Hall–Kier alpha value is -3.87. The zero-order valence-corrected chi connectivity index (χ0v) is 24.5. The molecule has 220 valence electrons. The molecule has 5 aromatic rings. The number of hydrogen-bond acceptors (Lipinski definition) is 8. The van der Waals surface area contributed by atoms with E-state index in [4.69, 9.17) is 21.1 Å². The molecule has 0 N–H and O–H groups in total. The van der Waals surface area contributed by atoms with E-state index in [9.17, 15) is 4.79 Å². The first-order valence-corrected chi connectivity index (χ1v) is 14.6. The molecular weight excluding hydrogens is 598 g/mol. The smallest absolute Gasteiger partial charge is 0.321 e. The predicted molar refractivity (Wildman–Crippen MR) is 160 cm³/mol. The van der Waals surface area contributed by atoms with Crippen molar-refractivity contribution in [2.75, 3.05) is 19.7 Å². The molecule has 0 spiro atoms. The summed E-state index contributed by atoms with van der Waals surface area (Å²) >= 11 is 11.0. The molecule has 0 radical (unpaired) electrons. The van der Waals surface area contributed by atoms with E-state index in [1.807, 2.05) is 0 Å². The lowest BCUT2D eigenvalue weighted by Gasteiger charge is -2.43. The van der Waals surface area contributed by atoms with Gasteiger partial charge in [0.05, 0.1) is 41.4 Å². The summed E-state index contributed by atoms with van der Waals surface area (Å²) in [5.74, 6) is 0.206. The zero-order valence-electron chi connectivity index (χ0n) is 22.9. The van der Waals surface area contributed by atoms with Crippen LogP contribution in [-0.2, 0) is 9.53 Å². The summed E-state index contributed by atoms with van der Waals surface area (Å²) in [6.45, 7) is 2.46. The molecule has 1 unspecified atom stereocenters. The molecular formula is C30H25ClF2N6O3S. The molecule has 3 aromatic heterocycles. The van der Waals surface area contributed by atoms with Crippen molar-refractivity contribution in [3.63, 3.8) is 0 Å². The maximum Gasteiger partial charge on any atom is 0.321 e. The number of halogens is 3. The highest BCUT2D eigenvalue weighted by molar-refractivity contribution is 7.81. The number of carbonyl (C=O) groups is 1. The fourth-order valence-electron chi connectivity index (χ4n) is 5.82. The standard InChI is InChI=1S/C30H25ClF2N6O3S/c1-16-37-24-14-36-23-13-22(32)19(18-4-3-17(11-21(18)31)42-29-34-7-2-8-35-29)12-20(23)27(24)39(16)26-5-9-38(15-30(26,33)43)28(40)25-6-10-41-25/h2-4,7-8,11-14,25-26,43H,5-6,9-10,15H2,1H3/t25?,26-,30-/m0/s1. The maximum absolute atomic E-state index is 16.3. The molecule has 3 atom stereocenters. The molecule has 9 nitrogen and oxygen atoms in total. The second-order valence-corrected chi connectivity index (χ2v) is 11.8. The van der Waals surface area contributed by atoms with Crippen molar-refractivity contribution in [3.05, 3.63) is 71.7 Å².